The molecule has 13 aromatic rings. The number of anilines is 3. The molecule has 0 bridgehead atoms. The first-order valence-electron chi connectivity index (χ1n) is 18.0. The van der Waals surface area contributed by atoms with E-state index in [0.29, 0.717) is 0 Å². The maximum absolute atomic E-state index is 6.37. The summed E-state index contributed by atoms with van der Waals surface area (Å²) in [6.07, 6.45) is 0. The quantitative estimate of drug-likeness (QED) is 0.172. The highest BCUT2D eigenvalue weighted by molar-refractivity contribution is 7.26. The van der Waals surface area contributed by atoms with Gasteiger partial charge in [0.1, 0.15) is 11.2 Å². The fourth-order valence-corrected chi connectivity index (χ4v) is 10.5. The van der Waals surface area contributed by atoms with Gasteiger partial charge < -0.3 is 18.1 Å². The van der Waals surface area contributed by atoms with Crippen molar-refractivity contribution in [3.05, 3.63) is 164 Å². The number of rotatable bonds is 3. The second-order valence-corrected chi connectivity index (χ2v) is 15.1. The molecule has 0 N–H and O–H groups in total. The van der Waals surface area contributed by atoms with Gasteiger partial charge in [-0.25, -0.2) is 0 Å². The van der Waals surface area contributed by atoms with Crippen LogP contribution in [0.15, 0.2) is 168 Å². The third-order valence-electron chi connectivity index (χ3n) is 11.4. The van der Waals surface area contributed by atoms with Crippen LogP contribution in [0.5, 0.6) is 0 Å². The number of thiophene rings is 1. The van der Waals surface area contributed by atoms with Crippen molar-refractivity contribution < 1.29 is 4.42 Å². The van der Waals surface area contributed by atoms with Crippen LogP contribution >= 0.6 is 11.3 Å². The topological polar surface area (TPSA) is 25.2 Å². The summed E-state index contributed by atoms with van der Waals surface area (Å²) in [6.45, 7) is 0. The fraction of sp³-hybridized carbons (Fsp3) is 0. The molecule has 8 aromatic carbocycles. The number of benzene rings is 8. The van der Waals surface area contributed by atoms with Gasteiger partial charge in [-0.2, -0.15) is 0 Å². The van der Waals surface area contributed by atoms with Gasteiger partial charge in [-0.1, -0.05) is 97.1 Å². The Bertz CT molecular complexity index is 3650. The van der Waals surface area contributed by atoms with E-state index in [4.69, 9.17) is 4.42 Å². The Hall–Kier alpha value is -6.82. The number of hydrogen-bond donors (Lipinski definition) is 0. The molecule has 0 aliphatic carbocycles. The molecule has 5 heteroatoms. The van der Waals surface area contributed by atoms with E-state index < -0.39 is 0 Å². The molecule has 53 heavy (non-hydrogen) atoms. The summed E-state index contributed by atoms with van der Waals surface area (Å²) in [4.78, 5) is 2.52. The maximum atomic E-state index is 6.37. The number of aromatic nitrogens is 2. The molecule has 5 aromatic heterocycles. The van der Waals surface area contributed by atoms with E-state index in [9.17, 15) is 0 Å². The lowest BCUT2D eigenvalue weighted by molar-refractivity contribution is 0.669. The van der Waals surface area contributed by atoms with Gasteiger partial charge in [0.2, 0.25) is 0 Å². The molecule has 0 radical (unpaired) electrons. The molecule has 0 saturated carbocycles. The van der Waals surface area contributed by atoms with E-state index >= 15 is 0 Å². The molecule has 0 aliphatic rings. The van der Waals surface area contributed by atoms with Crippen LogP contribution in [0, 0.1) is 0 Å². The van der Waals surface area contributed by atoms with E-state index in [1.807, 2.05) is 17.4 Å². The van der Waals surface area contributed by atoms with Gasteiger partial charge in [0, 0.05) is 53.5 Å². The number of fused-ring (bicyclic) bond motifs is 15. The molecule has 13 rings (SSSR count). The summed E-state index contributed by atoms with van der Waals surface area (Å²) < 4.78 is 13.9. The molecule has 0 spiro atoms. The van der Waals surface area contributed by atoms with Crippen molar-refractivity contribution in [2.45, 2.75) is 0 Å². The normalized spacial score (nSPS) is 12.5. The van der Waals surface area contributed by atoms with E-state index in [1.165, 1.54) is 74.8 Å². The summed E-state index contributed by atoms with van der Waals surface area (Å²) in [6, 6.07) is 59.8. The van der Waals surface area contributed by atoms with Crippen molar-refractivity contribution in [1.29, 1.82) is 0 Å². The van der Waals surface area contributed by atoms with Crippen LogP contribution in [0.4, 0.5) is 17.1 Å². The summed E-state index contributed by atoms with van der Waals surface area (Å²) >= 11 is 1.87. The molecule has 0 fully saturated rings. The zero-order valence-electron chi connectivity index (χ0n) is 28.2. The molecular weight excluding hydrogens is 667 g/mol. The third-order valence-corrected chi connectivity index (χ3v) is 12.6. The van der Waals surface area contributed by atoms with Crippen LogP contribution in [0.25, 0.3) is 96.8 Å². The third kappa shape index (κ3) is 3.50. The Labute approximate surface area is 305 Å². The van der Waals surface area contributed by atoms with E-state index in [0.717, 1.165) is 39.0 Å². The van der Waals surface area contributed by atoms with Crippen LogP contribution in [-0.2, 0) is 0 Å². The summed E-state index contributed by atoms with van der Waals surface area (Å²) in [5.74, 6) is 0. The molecule has 246 valence electrons. The van der Waals surface area contributed by atoms with Gasteiger partial charge in [0.15, 0.2) is 0 Å². The van der Waals surface area contributed by atoms with Gasteiger partial charge in [-0.15, -0.1) is 11.3 Å². The number of para-hydroxylation sites is 5. The van der Waals surface area contributed by atoms with E-state index in [1.54, 1.807) is 0 Å². The molecule has 0 unspecified atom stereocenters. The molecule has 0 saturated heterocycles. The molecule has 0 amide bonds. The molecular formula is C48H27N3OS. The largest absolute Gasteiger partial charge is 0.456 e. The van der Waals surface area contributed by atoms with Gasteiger partial charge in [-0.05, 0) is 66.7 Å². The second kappa shape index (κ2) is 9.94. The first kappa shape index (κ1) is 27.8. The highest BCUT2D eigenvalue weighted by Crippen LogP contribution is 2.52. The van der Waals surface area contributed by atoms with Crippen LogP contribution in [-0.4, -0.2) is 8.80 Å². The van der Waals surface area contributed by atoms with Crippen molar-refractivity contribution in [1.82, 2.24) is 8.80 Å². The Balaban J connectivity index is 1.27. The summed E-state index contributed by atoms with van der Waals surface area (Å²) in [5, 5.41) is 9.75. The van der Waals surface area contributed by atoms with E-state index in [-0.39, 0.29) is 0 Å². The number of furan rings is 1. The minimum absolute atomic E-state index is 0.890. The Morgan fingerprint density at radius 1 is 0.415 bits per heavy atom. The van der Waals surface area contributed by atoms with Crippen LogP contribution < -0.4 is 4.90 Å². The average Bonchev–Trinajstić information content (AvgIpc) is 3.96. The monoisotopic (exact) mass is 693 g/mol. The standard InChI is InChI=1S/C48H27N3OS/c1-5-17-36-29(12-1)35-27-41(45-33-15-2-6-18-37(33)51-39-20-8-7-19-38(39)50(36)46(35)47(45)51)49(28-24-25-43-34(26-28)30-13-3-9-22-42(30)52-43)40-21-11-16-32-31-14-4-10-23-44(31)53-48(32)40/h1-27H. The van der Waals surface area contributed by atoms with Gasteiger partial charge in [-0.3, -0.25) is 0 Å². The number of nitrogens with zero attached hydrogens (tertiary/aromatic N) is 3. The van der Waals surface area contributed by atoms with Crippen molar-refractivity contribution in [2.24, 2.45) is 0 Å². The average molecular weight is 694 g/mol. The highest BCUT2D eigenvalue weighted by Gasteiger charge is 2.28. The van der Waals surface area contributed by atoms with Crippen LogP contribution in [0.3, 0.4) is 0 Å². The van der Waals surface area contributed by atoms with Crippen molar-refractivity contribution in [3.8, 4) is 0 Å². The minimum atomic E-state index is 0.890. The lowest BCUT2D eigenvalue weighted by atomic mass is 10.0. The molecule has 5 heterocycles. The van der Waals surface area contributed by atoms with Crippen molar-refractivity contribution in [3.63, 3.8) is 0 Å². The van der Waals surface area contributed by atoms with Gasteiger partial charge in [0.25, 0.3) is 0 Å². The molecule has 4 nitrogen and oxygen atoms in total. The Morgan fingerprint density at radius 2 is 1.04 bits per heavy atom. The second-order valence-electron chi connectivity index (χ2n) is 14.1. The first-order chi connectivity index (χ1) is 26.3. The number of hydrogen-bond acceptors (Lipinski definition) is 3. The smallest absolute Gasteiger partial charge is 0.135 e. The van der Waals surface area contributed by atoms with E-state index in [2.05, 4.69) is 171 Å². The fourth-order valence-electron chi connectivity index (χ4n) is 9.27. The lowest BCUT2D eigenvalue weighted by Crippen LogP contribution is -2.11. The summed E-state index contributed by atoms with van der Waals surface area (Å²) in [7, 11) is 0. The maximum Gasteiger partial charge on any atom is 0.135 e. The molecule has 0 atom stereocenters. The van der Waals surface area contributed by atoms with Crippen molar-refractivity contribution in [2.75, 3.05) is 4.90 Å². The molecule has 0 aliphatic heterocycles. The Kier molecular flexibility index (Phi) is 5.22. The zero-order valence-corrected chi connectivity index (χ0v) is 29.1. The van der Waals surface area contributed by atoms with Gasteiger partial charge in [0.05, 0.1) is 49.2 Å². The minimum Gasteiger partial charge on any atom is -0.456 e. The van der Waals surface area contributed by atoms with Gasteiger partial charge >= 0.3 is 0 Å². The highest BCUT2D eigenvalue weighted by atomic mass is 32.1. The van der Waals surface area contributed by atoms with Crippen molar-refractivity contribution >= 4 is 125 Å². The SMILES string of the molecule is c1ccc2c(c1)oc1ccc(N(c3cccc4c3sc3ccccc34)c3cc4c5ccccc5n5c6ccccc6n6c7ccccc7c3c6c45)cc12. The summed E-state index contributed by atoms with van der Waals surface area (Å²) in [5.41, 5.74) is 12.5. The van der Waals surface area contributed by atoms with Crippen LogP contribution in [0.2, 0.25) is 0 Å². The lowest BCUT2D eigenvalue weighted by Gasteiger charge is -2.27. The Morgan fingerprint density at radius 3 is 1.87 bits per heavy atom. The zero-order chi connectivity index (χ0) is 34.4. The van der Waals surface area contributed by atoms with Crippen LogP contribution in [0.1, 0.15) is 0 Å². The first-order valence-corrected chi connectivity index (χ1v) is 18.8. The predicted molar refractivity (Wildman–Crippen MR) is 224 cm³/mol. The predicted octanol–water partition coefficient (Wildman–Crippen LogP) is 14.0.